The molecule has 0 bridgehead atoms. The van der Waals surface area contributed by atoms with Gasteiger partial charge in [0.2, 0.25) is 0 Å². The quantitative estimate of drug-likeness (QED) is 0.576. The predicted molar refractivity (Wildman–Crippen MR) is 48.7 cm³/mol. The first-order valence-corrected chi connectivity index (χ1v) is 5.07. The van der Waals surface area contributed by atoms with E-state index in [1.54, 1.807) is 0 Å². The molecule has 0 spiro atoms. The summed E-state index contributed by atoms with van der Waals surface area (Å²) in [7, 11) is 0. The van der Waals surface area contributed by atoms with Crippen LogP contribution in [0.4, 0.5) is 0 Å². The molecular weight excluding hydrogens is 148 g/mol. The molecular formula is C11H18O. The number of hydrogen-bond donors (Lipinski definition) is 0. The van der Waals surface area contributed by atoms with Crippen molar-refractivity contribution in [2.75, 3.05) is 0 Å². The summed E-state index contributed by atoms with van der Waals surface area (Å²) in [5.74, 6) is 2.67. The lowest BCUT2D eigenvalue weighted by Crippen LogP contribution is -2.12. The molecule has 4 atom stereocenters. The normalized spacial score (nSPS) is 50.8. The van der Waals surface area contributed by atoms with E-state index < -0.39 is 0 Å². The Kier molecular flexibility index (Phi) is 1.61. The summed E-state index contributed by atoms with van der Waals surface area (Å²) in [6.07, 6.45) is 3.73. The molecule has 2 saturated carbocycles. The van der Waals surface area contributed by atoms with Crippen LogP contribution in [0.1, 0.15) is 33.6 Å². The highest BCUT2D eigenvalue weighted by Crippen LogP contribution is 2.70. The Morgan fingerprint density at radius 1 is 1.42 bits per heavy atom. The first kappa shape index (κ1) is 8.28. The van der Waals surface area contributed by atoms with Crippen LogP contribution in [0.2, 0.25) is 0 Å². The van der Waals surface area contributed by atoms with Crippen LogP contribution in [0.5, 0.6) is 0 Å². The molecule has 0 aromatic carbocycles. The van der Waals surface area contributed by atoms with Crippen molar-refractivity contribution in [1.29, 1.82) is 0 Å². The molecule has 0 amide bonds. The summed E-state index contributed by atoms with van der Waals surface area (Å²) in [5.41, 5.74) is 0.574. The SMILES string of the molecule is CC1C(C=O)CC2(C(C)C)CC12. The van der Waals surface area contributed by atoms with Crippen molar-refractivity contribution >= 4 is 6.29 Å². The molecule has 4 unspecified atom stereocenters. The van der Waals surface area contributed by atoms with Crippen LogP contribution in [0.25, 0.3) is 0 Å². The van der Waals surface area contributed by atoms with Crippen molar-refractivity contribution in [3.63, 3.8) is 0 Å². The maximum atomic E-state index is 10.7. The Hall–Kier alpha value is -0.330. The largest absolute Gasteiger partial charge is 0.303 e. The minimum atomic E-state index is 0.367. The molecule has 0 aliphatic heterocycles. The molecule has 2 fully saturated rings. The summed E-state index contributed by atoms with van der Waals surface area (Å²) >= 11 is 0. The Labute approximate surface area is 74.5 Å². The standard InChI is InChI=1S/C11H18O/c1-7(2)11-4-9(6-12)8(3)10(11)5-11/h6-10H,4-5H2,1-3H3. The first-order valence-electron chi connectivity index (χ1n) is 5.07. The van der Waals surface area contributed by atoms with E-state index in [9.17, 15) is 4.79 Å². The molecule has 1 nitrogen and oxygen atoms in total. The maximum absolute atomic E-state index is 10.7. The number of hydrogen-bond acceptors (Lipinski definition) is 1. The third-order valence-corrected chi connectivity index (χ3v) is 4.43. The van der Waals surface area contributed by atoms with Crippen LogP contribution >= 0.6 is 0 Å². The number of aldehydes is 1. The molecule has 0 N–H and O–H groups in total. The second-order valence-electron chi connectivity index (χ2n) is 5.06. The Morgan fingerprint density at radius 2 is 2.08 bits per heavy atom. The van der Waals surface area contributed by atoms with E-state index in [1.165, 1.54) is 19.1 Å². The molecule has 2 aliphatic rings. The summed E-state index contributed by atoms with van der Waals surface area (Å²) in [6, 6.07) is 0. The third-order valence-electron chi connectivity index (χ3n) is 4.43. The third kappa shape index (κ3) is 0.826. The first-order chi connectivity index (χ1) is 5.62. The van der Waals surface area contributed by atoms with Gasteiger partial charge in [-0.1, -0.05) is 20.8 Å². The predicted octanol–water partition coefficient (Wildman–Crippen LogP) is 2.50. The van der Waals surface area contributed by atoms with Gasteiger partial charge in [-0.15, -0.1) is 0 Å². The van der Waals surface area contributed by atoms with Crippen LogP contribution in [0.3, 0.4) is 0 Å². The van der Waals surface area contributed by atoms with Crippen molar-refractivity contribution in [3.8, 4) is 0 Å². The number of fused-ring (bicyclic) bond motifs is 1. The average molecular weight is 166 g/mol. The van der Waals surface area contributed by atoms with Crippen molar-refractivity contribution in [2.45, 2.75) is 33.6 Å². The topological polar surface area (TPSA) is 17.1 Å². The van der Waals surface area contributed by atoms with Gasteiger partial charge in [-0.2, -0.15) is 0 Å². The van der Waals surface area contributed by atoms with E-state index in [0.29, 0.717) is 17.3 Å². The molecule has 1 heteroatoms. The summed E-state index contributed by atoms with van der Waals surface area (Å²) in [6.45, 7) is 6.86. The number of rotatable bonds is 2. The van der Waals surface area contributed by atoms with Gasteiger partial charge < -0.3 is 4.79 Å². The van der Waals surface area contributed by atoms with Crippen molar-refractivity contribution in [3.05, 3.63) is 0 Å². The molecule has 0 radical (unpaired) electrons. The Bertz CT molecular complexity index is 209. The molecule has 0 heterocycles. The zero-order valence-corrected chi connectivity index (χ0v) is 8.21. The van der Waals surface area contributed by atoms with Crippen molar-refractivity contribution in [1.82, 2.24) is 0 Å². The second-order valence-corrected chi connectivity index (χ2v) is 5.06. The zero-order chi connectivity index (χ0) is 8.93. The highest BCUT2D eigenvalue weighted by molar-refractivity contribution is 5.56. The van der Waals surface area contributed by atoms with Crippen LogP contribution in [0.15, 0.2) is 0 Å². The van der Waals surface area contributed by atoms with Gasteiger partial charge in [0.25, 0.3) is 0 Å². The molecule has 12 heavy (non-hydrogen) atoms. The van der Waals surface area contributed by atoms with E-state index in [0.717, 1.165) is 11.8 Å². The van der Waals surface area contributed by atoms with E-state index in [2.05, 4.69) is 20.8 Å². The van der Waals surface area contributed by atoms with E-state index in [4.69, 9.17) is 0 Å². The van der Waals surface area contributed by atoms with Gasteiger partial charge in [0.1, 0.15) is 6.29 Å². The van der Waals surface area contributed by atoms with Gasteiger partial charge in [0, 0.05) is 5.92 Å². The molecule has 0 saturated heterocycles. The van der Waals surface area contributed by atoms with Crippen molar-refractivity contribution in [2.24, 2.45) is 29.1 Å². The van der Waals surface area contributed by atoms with Crippen LogP contribution in [-0.4, -0.2) is 6.29 Å². The smallest absolute Gasteiger partial charge is 0.123 e. The molecule has 0 aromatic rings. The minimum Gasteiger partial charge on any atom is -0.303 e. The van der Waals surface area contributed by atoms with Gasteiger partial charge in [-0.25, -0.2) is 0 Å². The lowest BCUT2D eigenvalue weighted by Gasteiger charge is -2.17. The fraction of sp³-hybridized carbons (Fsp3) is 0.909. The number of carbonyl (C=O) groups excluding carboxylic acids is 1. The number of carbonyl (C=O) groups is 1. The van der Waals surface area contributed by atoms with E-state index in [1.807, 2.05) is 0 Å². The lowest BCUT2D eigenvalue weighted by atomic mass is 9.87. The average Bonchev–Trinajstić information content (AvgIpc) is 2.69. The van der Waals surface area contributed by atoms with Gasteiger partial charge in [0.15, 0.2) is 0 Å². The van der Waals surface area contributed by atoms with Gasteiger partial charge in [0.05, 0.1) is 0 Å². The maximum Gasteiger partial charge on any atom is 0.123 e. The minimum absolute atomic E-state index is 0.367. The summed E-state index contributed by atoms with van der Waals surface area (Å²) in [4.78, 5) is 10.7. The Morgan fingerprint density at radius 3 is 2.42 bits per heavy atom. The van der Waals surface area contributed by atoms with Crippen LogP contribution < -0.4 is 0 Å². The van der Waals surface area contributed by atoms with Gasteiger partial charge >= 0.3 is 0 Å². The fourth-order valence-corrected chi connectivity index (χ4v) is 3.29. The van der Waals surface area contributed by atoms with Crippen LogP contribution in [-0.2, 0) is 4.79 Å². The Balaban J connectivity index is 2.14. The second kappa shape index (κ2) is 2.34. The zero-order valence-electron chi connectivity index (χ0n) is 8.21. The molecule has 68 valence electrons. The summed E-state index contributed by atoms with van der Waals surface area (Å²) in [5, 5.41) is 0. The highest BCUT2D eigenvalue weighted by atomic mass is 16.1. The highest BCUT2D eigenvalue weighted by Gasteiger charge is 2.64. The van der Waals surface area contributed by atoms with E-state index >= 15 is 0 Å². The van der Waals surface area contributed by atoms with Gasteiger partial charge in [-0.3, -0.25) is 0 Å². The summed E-state index contributed by atoms with van der Waals surface area (Å²) < 4.78 is 0. The van der Waals surface area contributed by atoms with Gasteiger partial charge in [-0.05, 0) is 36.0 Å². The fourth-order valence-electron chi connectivity index (χ4n) is 3.29. The van der Waals surface area contributed by atoms with Crippen LogP contribution in [0, 0.1) is 29.1 Å². The molecule has 0 aromatic heterocycles. The molecule has 2 rings (SSSR count). The van der Waals surface area contributed by atoms with E-state index in [-0.39, 0.29) is 0 Å². The van der Waals surface area contributed by atoms with Crippen molar-refractivity contribution < 1.29 is 4.79 Å². The molecule has 2 aliphatic carbocycles. The lowest BCUT2D eigenvalue weighted by molar-refractivity contribution is -0.112. The monoisotopic (exact) mass is 166 g/mol.